The lowest BCUT2D eigenvalue weighted by Gasteiger charge is -2.07. The number of nitrogens with zero attached hydrogens (tertiary/aromatic N) is 2. The molecule has 2 N–H and O–H groups in total. The van der Waals surface area contributed by atoms with Gasteiger partial charge < -0.3 is 10.6 Å². The van der Waals surface area contributed by atoms with Crippen LogP contribution in [0, 0.1) is 11.3 Å². The van der Waals surface area contributed by atoms with E-state index in [4.69, 9.17) is 5.26 Å². The van der Waals surface area contributed by atoms with Gasteiger partial charge in [-0.2, -0.15) is 5.26 Å². The van der Waals surface area contributed by atoms with Crippen LogP contribution in [0.4, 0.5) is 5.69 Å². The molecule has 100 valence electrons. The van der Waals surface area contributed by atoms with Crippen LogP contribution in [0.1, 0.15) is 11.1 Å². The van der Waals surface area contributed by atoms with Gasteiger partial charge in [-0.25, -0.2) is 0 Å². The van der Waals surface area contributed by atoms with Gasteiger partial charge in [0, 0.05) is 24.6 Å². The summed E-state index contributed by atoms with van der Waals surface area (Å²) in [5, 5.41) is 14.6. The van der Waals surface area contributed by atoms with E-state index in [9.17, 15) is 4.79 Å². The molecule has 0 saturated carbocycles. The summed E-state index contributed by atoms with van der Waals surface area (Å²) >= 11 is 0. The second-order valence-electron chi connectivity index (χ2n) is 4.18. The number of amides is 1. The first kappa shape index (κ1) is 13.6. The van der Waals surface area contributed by atoms with Crippen molar-refractivity contribution in [3.63, 3.8) is 0 Å². The van der Waals surface area contributed by atoms with E-state index in [1.54, 1.807) is 30.6 Å². The van der Waals surface area contributed by atoms with Crippen molar-refractivity contribution in [3.8, 4) is 6.07 Å². The normalized spacial score (nSPS) is 9.55. The quantitative estimate of drug-likeness (QED) is 0.863. The van der Waals surface area contributed by atoms with Crippen molar-refractivity contribution < 1.29 is 4.79 Å². The van der Waals surface area contributed by atoms with E-state index in [2.05, 4.69) is 21.7 Å². The molecule has 5 heteroatoms. The lowest BCUT2D eigenvalue weighted by molar-refractivity contribution is -0.119. The van der Waals surface area contributed by atoms with E-state index >= 15 is 0 Å². The molecule has 0 aliphatic heterocycles. The molecule has 5 nitrogen and oxygen atoms in total. The van der Waals surface area contributed by atoms with Crippen molar-refractivity contribution in [2.24, 2.45) is 0 Å². The van der Waals surface area contributed by atoms with Crippen LogP contribution < -0.4 is 10.6 Å². The van der Waals surface area contributed by atoms with Crippen LogP contribution in [0.25, 0.3) is 0 Å². The third kappa shape index (κ3) is 4.10. The fourth-order valence-corrected chi connectivity index (χ4v) is 1.65. The van der Waals surface area contributed by atoms with Crippen molar-refractivity contribution in [1.29, 1.82) is 5.26 Å². The molecule has 0 atom stereocenters. The van der Waals surface area contributed by atoms with Crippen molar-refractivity contribution in [2.45, 2.75) is 6.54 Å². The molecule has 1 heterocycles. The maximum atomic E-state index is 11.7. The van der Waals surface area contributed by atoms with Crippen LogP contribution in [0.15, 0.2) is 48.8 Å². The fourth-order valence-electron chi connectivity index (χ4n) is 1.65. The van der Waals surface area contributed by atoms with Crippen molar-refractivity contribution in [2.75, 3.05) is 11.9 Å². The molecule has 20 heavy (non-hydrogen) atoms. The molecule has 0 fully saturated rings. The smallest absolute Gasteiger partial charge is 0.239 e. The minimum absolute atomic E-state index is 0.115. The number of benzene rings is 1. The van der Waals surface area contributed by atoms with Gasteiger partial charge in [-0.05, 0) is 29.8 Å². The van der Waals surface area contributed by atoms with E-state index in [0.29, 0.717) is 12.1 Å². The van der Waals surface area contributed by atoms with Gasteiger partial charge in [0.1, 0.15) is 0 Å². The lowest BCUT2D eigenvalue weighted by atomic mass is 10.2. The number of anilines is 1. The summed E-state index contributed by atoms with van der Waals surface area (Å²) in [6, 6.07) is 12.8. The Morgan fingerprint density at radius 3 is 2.95 bits per heavy atom. The molecule has 0 aliphatic rings. The zero-order valence-corrected chi connectivity index (χ0v) is 10.8. The summed E-state index contributed by atoms with van der Waals surface area (Å²) < 4.78 is 0. The standard InChI is InChI=1S/C15H14N4O/c16-8-12-3-1-5-14(7-12)18-11-15(20)19-10-13-4-2-6-17-9-13/h1-7,9,18H,10-11H2,(H,19,20). The predicted molar refractivity (Wildman–Crippen MR) is 75.7 cm³/mol. The molecule has 2 rings (SSSR count). The largest absolute Gasteiger partial charge is 0.376 e. The molecule has 0 radical (unpaired) electrons. The summed E-state index contributed by atoms with van der Waals surface area (Å²) in [7, 11) is 0. The van der Waals surface area contributed by atoms with Gasteiger partial charge >= 0.3 is 0 Å². The summed E-state index contributed by atoms with van der Waals surface area (Å²) in [4.78, 5) is 15.7. The molecule has 1 aromatic heterocycles. The maximum Gasteiger partial charge on any atom is 0.239 e. The van der Waals surface area contributed by atoms with Crippen LogP contribution in [0.2, 0.25) is 0 Å². The van der Waals surface area contributed by atoms with E-state index in [0.717, 1.165) is 11.3 Å². The molecule has 0 unspecified atom stereocenters. The number of rotatable bonds is 5. The number of nitriles is 1. The molecule has 2 aromatic rings. The first-order valence-corrected chi connectivity index (χ1v) is 6.17. The topological polar surface area (TPSA) is 77.8 Å². The van der Waals surface area contributed by atoms with Gasteiger partial charge in [-0.15, -0.1) is 0 Å². The van der Waals surface area contributed by atoms with Crippen LogP contribution >= 0.6 is 0 Å². The molecule has 0 saturated heterocycles. The van der Waals surface area contributed by atoms with Crippen molar-refractivity contribution in [1.82, 2.24) is 10.3 Å². The van der Waals surface area contributed by atoms with Gasteiger partial charge in [0.05, 0.1) is 18.2 Å². The summed E-state index contributed by atoms with van der Waals surface area (Å²) in [5.74, 6) is -0.115. The molecule has 0 bridgehead atoms. The second kappa shape index (κ2) is 6.90. The highest BCUT2D eigenvalue weighted by Gasteiger charge is 2.01. The number of nitrogens with one attached hydrogen (secondary N) is 2. The Bertz CT molecular complexity index is 619. The Labute approximate surface area is 117 Å². The zero-order valence-electron chi connectivity index (χ0n) is 10.8. The fraction of sp³-hybridized carbons (Fsp3) is 0.133. The Morgan fingerprint density at radius 2 is 2.20 bits per heavy atom. The van der Waals surface area contributed by atoms with Crippen LogP contribution in [0.5, 0.6) is 0 Å². The highest BCUT2D eigenvalue weighted by atomic mass is 16.1. The Kier molecular flexibility index (Phi) is 4.68. The summed E-state index contributed by atoms with van der Waals surface area (Å²) in [6.45, 7) is 0.613. The third-order valence-electron chi connectivity index (χ3n) is 2.66. The minimum Gasteiger partial charge on any atom is -0.376 e. The van der Waals surface area contributed by atoms with E-state index in [1.165, 1.54) is 0 Å². The molecule has 1 aromatic carbocycles. The predicted octanol–water partition coefficient (Wildman–Crippen LogP) is 1.68. The summed E-state index contributed by atoms with van der Waals surface area (Å²) in [5.41, 5.74) is 2.26. The molecule has 0 aliphatic carbocycles. The van der Waals surface area contributed by atoms with Gasteiger partial charge in [0.25, 0.3) is 0 Å². The average molecular weight is 266 g/mol. The van der Waals surface area contributed by atoms with Crippen LogP contribution in [0.3, 0.4) is 0 Å². The van der Waals surface area contributed by atoms with E-state index in [1.807, 2.05) is 18.2 Å². The Morgan fingerprint density at radius 1 is 1.30 bits per heavy atom. The lowest BCUT2D eigenvalue weighted by Crippen LogP contribution is -2.29. The van der Waals surface area contributed by atoms with Crippen molar-refractivity contribution in [3.05, 3.63) is 59.9 Å². The van der Waals surface area contributed by atoms with Gasteiger partial charge in [0.15, 0.2) is 0 Å². The zero-order chi connectivity index (χ0) is 14.2. The van der Waals surface area contributed by atoms with Gasteiger partial charge in [-0.3, -0.25) is 9.78 Å². The number of aromatic nitrogens is 1. The minimum atomic E-state index is -0.115. The van der Waals surface area contributed by atoms with Crippen LogP contribution in [-0.4, -0.2) is 17.4 Å². The van der Waals surface area contributed by atoms with Gasteiger partial charge in [-0.1, -0.05) is 12.1 Å². The number of carbonyl (C=O) groups is 1. The summed E-state index contributed by atoms with van der Waals surface area (Å²) in [6.07, 6.45) is 3.40. The molecule has 1 amide bonds. The first-order valence-electron chi connectivity index (χ1n) is 6.17. The number of carbonyl (C=O) groups excluding carboxylic acids is 1. The molecule has 0 spiro atoms. The van der Waals surface area contributed by atoms with Gasteiger partial charge in [0.2, 0.25) is 5.91 Å². The Hall–Kier alpha value is -2.87. The average Bonchev–Trinajstić information content (AvgIpc) is 2.52. The maximum absolute atomic E-state index is 11.7. The highest BCUT2D eigenvalue weighted by molar-refractivity contribution is 5.80. The second-order valence-corrected chi connectivity index (χ2v) is 4.18. The van der Waals surface area contributed by atoms with E-state index < -0.39 is 0 Å². The number of pyridine rings is 1. The monoisotopic (exact) mass is 266 g/mol. The first-order chi connectivity index (χ1) is 9.78. The molecular weight excluding hydrogens is 252 g/mol. The molecular formula is C15H14N4O. The number of hydrogen-bond donors (Lipinski definition) is 2. The number of hydrogen-bond acceptors (Lipinski definition) is 4. The third-order valence-corrected chi connectivity index (χ3v) is 2.66. The SMILES string of the molecule is N#Cc1cccc(NCC(=O)NCc2cccnc2)c1. The van der Waals surface area contributed by atoms with Crippen LogP contribution in [-0.2, 0) is 11.3 Å². The van der Waals surface area contributed by atoms with Crippen molar-refractivity contribution >= 4 is 11.6 Å². The van der Waals surface area contributed by atoms with E-state index in [-0.39, 0.29) is 12.5 Å². The Balaban J connectivity index is 1.79. The highest BCUT2D eigenvalue weighted by Crippen LogP contribution is 2.08.